The number of methoxy groups -OCH3 is 1. The Morgan fingerprint density at radius 2 is 2.38 bits per heavy atom. The Morgan fingerprint density at radius 1 is 1.69 bits per heavy atom. The van der Waals surface area contributed by atoms with Crippen molar-refractivity contribution in [2.45, 2.75) is 6.10 Å². The van der Waals surface area contributed by atoms with Crippen molar-refractivity contribution in [3.8, 4) is 5.75 Å². The lowest BCUT2D eigenvalue weighted by atomic mass is 10.2. The van der Waals surface area contributed by atoms with Crippen LogP contribution in [-0.2, 0) is 0 Å². The summed E-state index contributed by atoms with van der Waals surface area (Å²) >= 11 is 3.22. The highest BCUT2D eigenvalue weighted by Crippen LogP contribution is 2.23. The van der Waals surface area contributed by atoms with E-state index in [4.69, 9.17) is 10.5 Å². The first-order chi connectivity index (χ1) is 6.19. The fourth-order valence-corrected chi connectivity index (χ4v) is 1.39. The van der Waals surface area contributed by atoms with Crippen molar-refractivity contribution in [2.24, 2.45) is 5.73 Å². The van der Waals surface area contributed by atoms with Gasteiger partial charge < -0.3 is 15.6 Å². The van der Waals surface area contributed by atoms with Gasteiger partial charge in [0, 0.05) is 6.54 Å². The molecular weight excluding hydrogens is 236 g/mol. The standard InChI is InChI=1S/C8H11BrN2O2/c1-13-7-3-2-5(6(12)4-10)11-8(7)9/h2-3,6,12H,4,10H2,1H3. The fourth-order valence-electron chi connectivity index (χ4n) is 0.894. The molecule has 0 aromatic carbocycles. The van der Waals surface area contributed by atoms with E-state index in [1.165, 1.54) is 0 Å². The highest BCUT2D eigenvalue weighted by Gasteiger charge is 2.09. The van der Waals surface area contributed by atoms with Crippen LogP contribution in [0.2, 0.25) is 0 Å². The fraction of sp³-hybridized carbons (Fsp3) is 0.375. The minimum Gasteiger partial charge on any atom is -0.494 e. The summed E-state index contributed by atoms with van der Waals surface area (Å²) in [5.74, 6) is 0.632. The van der Waals surface area contributed by atoms with Gasteiger partial charge in [0.2, 0.25) is 0 Å². The predicted octanol–water partition coefficient (Wildman–Crippen LogP) is 0.845. The van der Waals surface area contributed by atoms with Crippen LogP contribution in [0.25, 0.3) is 0 Å². The zero-order valence-electron chi connectivity index (χ0n) is 7.20. The molecule has 1 unspecified atom stereocenters. The highest BCUT2D eigenvalue weighted by atomic mass is 79.9. The van der Waals surface area contributed by atoms with Gasteiger partial charge in [-0.15, -0.1) is 0 Å². The molecule has 1 aromatic rings. The minimum absolute atomic E-state index is 0.159. The van der Waals surface area contributed by atoms with Gasteiger partial charge in [-0.2, -0.15) is 0 Å². The molecule has 0 aliphatic heterocycles. The number of hydrogen-bond acceptors (Lipinski definition) is 4. The number of pyridine rings is 1. The molecule has 72 valence electrons. The third-order valence-electron chi connectivity index (χ3n) is 1.62. The van der Waals surface area contributed by atoms with E-state index in [1.807, 2.05) is 0 Å². The number of hydrogen-bond donors (Lipinski definition) is 2. The summed E-state index contributed by atoms with van der Waals surface area (Å²) in [5.41, 5.74) is 5.83. The SMILES string of the molecule is COc1ccc(C(O)CN)nc1Br. The molecule has 0 aliphatic rings. The van der Waals surface area contributed by atoms with Gasteiger partial charge in [0.05, 0.1) is 12.8 Å². The number of nitrogens with two attached hydrogens (primary N) is 1. The summed E-state index contributed by atoms with van der Waals surface area (Å²) in [6, 6.07) is 3.41. The first-order valence-electron chi connectivity index (χ1n) is 3.77. The van der Waals surface area contributed by atoms with Crippen molar-refractivity contribution >= 4 is 15.9 Å². The van der Waals surface area contributed by atoms with Crippen LogP contribution >= 0.6 is 15.9 Å². The maximum Gasteiger partial charge on any atom is 0.151 e. The second kappa shape index (κ2) is 4.55. The first kappa shape index (κ1) is 10.4. The van der Waals surface area contributed by atoms with Gasteiger partial charge in [-0.05, 0) is 28.1 Å². The van der Waals surface area contributed by atoms with E-state index in [0.29, 0.717) is 16.0 Å². The van der Waals surface area contributed by atoms with Crippen LogP contribution < -0.4 is 10.5 Å². The third-order valence-corrected chi connectivity index (χ3v) is 2.19. The van der Waals surface area contributed by atoms with Crippen molar-refractivity contribution in [2.75, 3.05) is 13.7 Å². The lowest BCUT2D eigenvalue weighted by Gasteiger charge is -2.08. The molecule has 0 bridgehead atoms. The maximum absolute atomic E-state index is 9.37. The van der Waals surface area contributed by atoms with Gasteiger partial charge >= 0.3 is 0 Å². The van der Waals surface area contributed by atoms with Crippen LogP contribution in [0.3, 0.4) is 0 Å². The van der Waals surface area contributed by atoms with E-state index in [9.17, 15) is 5.11 Å². The Bertz CT molecular complexity index is 293. The molecule has 0 amide bonds. The van der Waals surface area contributed by atoms with Crippen LogP contribution in [-0.4, -0.2) is 23.7 Å². The van der Waals surface area contributed by atoms with E-state index in [-0.39, 0.29) is 6.54 Å². The molecule has 0 radical (unpaired) electrons. The van der Waals surface area contributed by atoms with Gasteiger partial charge in [-0.3, -0.25) is 0 Å². The molecule has 4 nitrogen and oxygen atoms in total. The first-order valence-corrected chi connectivity index (χ1v) is 4.57. The smallest absolute Gasteiger partial charge is 0.151 e. The molecule has 0 fully saturated rings. The number of aromatic nitrogens is 1. The topological polar surface area (TPSA) is 68.4 Å². The van der Waals surface area contributed by atoms with Gasteiger partial charge in [-0.1, -0.05) is 0 Å². The van der Waals surface area contributed by atoms with Crippen LogP contribution in [0.15, 0.2) is 16.7 Å². The van der Waals surface area contributed by atoms with Crippen LogP contribution in [0, 0.1) is 0 Å². The lowest BCUT2D eigenvalue weighted by Crippen LogP contribution is -2.13. The van der Waals surface area contributed by atoms with Crippen LogP contribution in [0.4, 0.5) is 0 Å². The summed E-state index contributed by atoms with van der Waals surface area (Å²) in [7, 11) is 1.56. The van der Waals surface area contributed by atoms with Crippen LogP contribution in [0.5, 0.6) is 5.75 Å². The number of halogens is 1. The number of ether oxygens (including phenoxy) is 1. The molecular formula is C8H11BrN2O2. The normalized spacial score (nSPS) is 12.6. The molecule has 5 heteroatoms. The summed E-state index contributed by atoms with van der Waals surface area (Å²) in [6.07, 6.45) is -0.720. The van der Waals surface area contributed by atoms with Crippen molar-refractivity contribution < 1.29 is 9.84 Å². The molecule has 3 N–H and O–H groups in total. The Morgan fingerprint density at radius 3 is 2.85 bits per heavy atom. The van der Waals surface area contributed by atoms with E-state index in [0.717, 1.165) is 0 Å². The number of aliphatic hydroxyl groups is 1. The second-order valence-electron chi connectivity index (χ2n) is 2.48. The monoisotopic (exact) mass is 246 g/mol. The molecule has 1 aromatic heterocycles. The number of nitrogens with zero attached hydrogens (tertiary/aromatic N) is 1. The molecule has 0 saturated heterocycles. The van der Waals surface area contributed by atoms with E-state index in [1.54, 1.807) is 19.2 Å². The highest BCUT2D eigenvalue weighted by molar-refractivity contribution is 9.10. The Labute approximate surface area is 84.9 Å². The number of aliphatic hydroxyl groups excluding tert-OH is 1. The van der Waals surface area contributed by atoms with Crippen molar-refractivity contribution in [1.82, 2.24) is 4.98 Å². The summed E-state index contributed by atoms with van der Waals surface area (Å²) in [4.78, 5) is 4.08. The lowest BCUT2D eigenvalue weighted by molar-refractivity contribution is 0.181. The average molecular weight is 247 g/mol. The Balaban J connectivity index is 2.95. The van der Waals surface area contributed by atoms with Gasteiger partial charge in [0.25, 0.3) is 0 Å². The quantitative estimate of drug-likeness (QED) is 0.777. The van der Waals surface area contributed by atoms with E-state index >= 15 is 0 Å². The minimum atomic E-state index is -0.720. The Kier molecular flexibility index (Phi) is 3.65. The van der Waals surface area contributed by atoms with Gasteiger partial charge in [0.15, 0.2) is 5.75 Å². The van der Waals surface area contributed by atoms with Crippen molar-refractivity contribution in [3.05, 3.63) is 22.4 Å². The Hall–Kier alpha value is -0.650. The summed E-state index contributed by atoms with van der Waals surface area (Å²) in [6.45, 7) is 0.159. The summed E-state index contributed by atoms with van der Waals surface area (Å²) < 4.78 is 5.56. The maximum atomic E-state index is 9.37. The van der Waals surface area contributed by atoms with Crippen molar-refractivity contribution in [1.29, 1.82) is 0 Å². The van der Waals surface area contributed by atoms with E-state index in [2.05, 4.69) is 20.9 Å². The largest absolute Gasteiger partial charge is 0.494 e. The molecule has 0 spiro atoms. The van der Waals surface area contributed by atoms with Gasteiger partial charge in [-0.25, -0.2) is 4.98 Å². The molecule has 0 aliphatic carbocycles. The molecule has 1 rings (SSSR count). The zero-order valence-corrected chi connectivity index (χ0v) is 8.78. The van der Waals surface area contributed by atoms with E-state index < -0.39 is 6.10 Å². The average Bonchev–Trinajstić information content (AvgIpc) is 2.16. The second-order valence-corrected chi connectivity index (χ2v) is 3.23. The number of rotatable bonds is 3. The summed E-state index contributed by atoms with van der Waals surface area (Å²) in [5, 5.41) is 9.37. The predicted molar refractivity (Wildman–Crippen MR) is 52.5 cm³/mol. The van der Waals surface area contributed by atoms with Crippen molar-refractivity contribution in [3.63, 3.8) is 0 Å². The molecule has 13 heavy (non-hydrogen) atoms. The third kappa shape index (κ3) is 2.40. The zero-order chi connectivity index (χ0) is 9.84. The molecule has 1 atom stereocenters. The van der Waals surface area contributed by atoms with Gasteiger partial charge in [0.1, 0.15) is 10.7 Å². The molecule has 1 heterocycles. The van der Waals surface area contributed by atoms with Crippen LogP contribution in [0.1, 0.15) is 11.8 Å². The molecule has 0 saturated carbocycles.